The molecule has 2 rings (SSSR count). The molecule has 3 heteroatoms. The van der Waals surface area contributed by atoms with Gasteiger partial charge in [-0.05, 0) is 44.8 Å². The summed E-state index contributed by atoms with van der Waals surface area (Å²) >= 11 is 0. The van der Waals surface area contributed by atoms with Gasteiger partial charge in [0, 0.05) is 19.7 Å². The highest BCUT2D eigenvalue weighted by Gasteiger charge is 2.28. The second-order valence-electron chi connectivity index (χ2n) is 4.59. The van der Waals surface area contributed by atoms with Gasteiger partial charge >= 0.3 is 0 Å². The summed E-state index contributed by atoms with van der Waals surface area (Å²) in [5.74, 6) is 0.787. The smallest absolute Gasteiger partial charge is 0.0503 e. The molecule has 0 aliphatic carbocycles. The molecule has 2 saturated heterocycles. The molecular formula is C11H22N2O. The molecule has 0 amide bonds. The number of nitrogens with zero attached hydrogens (tertiary/aromatic N) is 1. The van der Waals surface area contributed by atoms with Crippen molar-refractivity contribution in [3.05, 3.63) is 0 Å². The van der Waals surface area contributed by atoms with Gasteiger partial charge in [-0.15, -0.1) is 0 Å². The molecule has 0 saturated carbocycles. The van der Waals surface area contributed by atoms with Crippen LogP contribution in [0.4, 0.5) is 0 Å². The third-order valence-electron chi connectivity index (χ3n) is 3.54. The molecule has 2 heterocycles. The molecule has 2 aliphatic rings. The number of nitrogens with one attached hydrogen (secondary N) is 1. The monoisotopic (exact) mass is 198 g/mol. The van der Waals surface area contributed by atoms with Crippen molar-refractivity contribution in [1.82, 2.24) is 10.2 Å². The average molecular weight is 198 g/mol. The van der Waals surface area contributed by atoms with Gasteiger partial charge in [0.2, 0.25) is 0 Å². The van der Waals surface area contributed by atoms with E-state index in [1.807, 2.05) is 7.11 Å². The van der Waals surface area contributed by atoms with E-state index in [0.717, 1.165) is 18.6 Å². The van der Waals surface area contributed by atoms with Crippen LogP contribution < -0.4 is 5.32 Å². The maximum Gasteiger partial charge on any atom is 0.0503 e. The number of rotatable bonds is 3. The molecule has 0 spiro atoms. The first kappa shape index (κ1) is 10.4. The van der Waals surface area contributed by atoms with E-state index < -0.39 is 0 Å². The van der Waals surface area contributed by atoms with Crippen LogP contribution in [-0.4, -0.2) is 50.8 Å². The Morgan fingerprint density at radius 3 is 2.79 bits per heavy atom. The van der Waals surface area contributed by atoms with Crippen molar-refractivity contribution in [2.45, 2.75) is 25.3 Å². The van der Waals surface area contributed by atoms with Crippen molar-refractivity contribution in [2.75, 3.05) is 39.9 Å². The third kappa shape index (κ3) is 2.47. The standard InChI is InChI=1S/C11H22N2O/c1-14-9-10-4-7-13(8-10)11-2-5-12-6-3-11/h10-12H,2-9H2,1H3/t10-/m1/s1. The van der Waals surface area contributed by atoms with Crippen LogP contribution >= 0.6 is 0 Å². The molecule has 82 valence electrons. The van der Waals surface area contributed by atoms with Crippen LogP contribution in [0.25, 0.3) is 0 Å². The highest BCUT2D eigenvalue weighted by atomic mass is 16.5. The molecule has 2 fully saturated rings. The molecule has 0 aromatic rings. The van der Waals surface area contributed by atoms with E-state index in [4.69, 9.17) is 4.74 Å². The van der Waals surface area contributed by atoms with Gasteiger partial charge in [0.05, 0.1) is 6.61 Å². The maximum absolute atomic E-state index is 5.22. The van der Waals surface area contributed by atoms with Crippen molar-refractivity contribution >= 4 is 0 Å². The van der Waals surface area contributed by atoms with E-state index in [0.29, 0.717) is 0 Å². The number of methoxy groups -OCH3 is 1. The lowest BCUT2D eigenvalue weighted by atomic mass is 10.1. The van der Waals surface area contributed by atoms with E-state index in [1.54, 1.807) is 0 Å². The second kappa shape index (κ2) is 5.10. The SMILES string of the molecule is COC[C@@H]1CCN(C2CCNCC2)C1. The molecule has 1 atom stereocenters. The lowest BCUT2D eigenvalue weighted by Crippen LogP contribution is -2.42. The highest BCUT2D eigenvalue weighted by Crippen LogP contribution is 2.22. The van der Waals surface area contributed by atoms with Crippen LogP contribution in [0, 0.1) is 5.92 Å². The zero-order valence-electron chi connectivity index (χ0n) is 9.17. The predicted octanol–water partition coefficient (Wildman–Crippen LogP) is 0.707. The van der Waals surface area contributed by atoms with Crippen molar-refractivity contribution in [3.8, 4) is 0 Å². The fraction of sp³-hybridized carbons (Fsp3) is 1.00. The summed E-state index contributed by atoms with van der Waals surface area (Å²) in [5.41, 5.74) is 0. The number of hydrogen-bond acceptors (Lipinski definition) is 3. The Morgan fingerprint density at radius 2 is 2.07 bits per heavy atom. The molecule has 14 heavy (non-hydrogen) atoms. The van der Waals surface area contributed by atoms with Crippen LogP contribution in [0.2, 0.25) is 0 Å². The Kier molecular flexibility index (Phi) is 3.79. The van der Waals surface area contributed by atoms with Gasteiger partial charge in [-0.1, -0.05) is 0 Å². The third-order valence-corrected chi connectivity index (χ3v) is 3.54. The van der Waals surface area contributed by atoms with Crippen molar-refractivity contribution < 1.29 is 4.74 Å². The van der Waals surface area contributed by atoms with Gasteiger partial charge in [0.1, 0.15) is 0 Å². The van der Waals surface area contributed by atoms with Crippen LogP contribution in [0.1, 0.15) is 19.3 Å². The molecule has 0 bridgehead atoms. The Labute approximate surface area is 86.8 Å². The zero-order chi connectivity index (χ0) is 9.80. The average Bonchev–Trinajstić information content (AvgIpc) is 2.68. The van der Waals surface area contributed by atoms with Gasteiger partial charge in [0.15, 0.2) is 0 Å². The summed E-state index contributed by atoms with van der Waals surface area (Å²) < 4.78 is 5.22. The first-order chi connectivity index (χ1) is 6.90. The molecule has 0 unspecified atom stereocenters. The van der Waals surface area contributed by atoms with E-state index in [9.17, 15) is 0 Å². The fourth-order valence-corrected chi connectivity index (χ4v) is 2.74. The van der Waals surface area contributed by atoms with E-state index >= 15 is 0 Å². The minimum Gasteiger partial charge on any atom is -0.384 e. The number of likely N-dealkylation sites (tertiary alicyclic amines) is 1. The maximum atomic E-state index is 5.22. The summed E-state index contributed by atoms with van der Waals surface area (Å²) in [5, 5.41) is 3.42. The topological polar surface area (TPSA) is 24.5 Å². The molecular weight excluding hydrogens is 176 g/mol. The molecule has 0 radical (unpaired) electrons. The Hall–Kier alpha value is -0.120. The first-order valence-electron chi connectivity index (χ1n) is 5.84. The van der Waals surface area contributed by atoms with E-state index in [1.165, 1.54) is 45.4 Å². The number of hydrogen-bond donors (Lipinski definition) is 1. The lowest BCUT2D eigenvalue weighted by Gasteiger charge is -2.31. The van der Waals surface area contributed by atoms with Gasteiger partial charge in [-0.2, -0.15) is 0 Å². The normalized spacial score (nSPS) is 31.1. The van der Waals surface area contributed by atoms with Crippen LogP contribution in [0.3, 0.4) is 0 Å². The minimum absolute atomic E-state index is 0.787. The second-order valence-corrected chi connectivity index (χ2v) is 4.59. The van der Waals surface area contributed by atoms with Gasteiger partial charge in [-0.3, -0.25) is 4.90 Å². The summed E-state index contributed by atoms with van der Waals surface area (Å²) in [6.45, 7) is 5.91. The molecule has 2 aliphatic heterocycles. The number of ether oxygens (including phenoxy) is 1. The lowest BCUT2D eigenvalue weighted by molar-refractivity contribution is 0.140. The largest absolute Gasteiger partial charge is 0.384 e. The molecule has 1 N–H and O–H groups in total. The van der Waals surface area contributed by atoms with Crippen LogP contribution in [0.5, 0.6) is 0 Å². The Morgan fingerprint density at radius 1 is 1.29 bits per heavy atom. The van der Waals surface area contributed by atoms with E-state index in [-0.39, 0.29) is 0 Å². The number of piperidine rings is 1. The first-order valence-corrected chi connectivity index (χ1v) is 5.84. The van der Waals surface area contributed by atoms with Gasteiger partial charge in [0.25, 0.3) is 0 Å². The predicted molar refractivity (Wildman–Crippen MR) is 57.4 cm³/mol. The molecule has 0 aromatic carbocycles. The van der Waals surface area contributed by atoms with Gasteiger partial charge in [-0.25, -0.2) is 0 Å². The van der Waals surface area contributed by atoms with Crippen molar-refractivity contribution in [3.63, 3.8) is 0 Å². The van der Waals surface area contributed by atoms with Crippen LogP contribution in [-0.2, 0) is 4.74 Å². The fourth-order valence-electron chi connectivity index (χ4n) is 2.74. The summed E-state index contributed by atoms with van der Waals surface area (Å²) in [6, 6.07) is 0.845. The van der Waals surface area contributed by atoms with Crippen LogP contribution in [0.15, 0.2) is 0 Å². The summed E-state index contributed by atoms with van der Waals surface area (Å²) in [6.07, 6.45) is 4.00. The Bertz CT molecular complexity index is 169. The quantitative estimate of drug-likeness (QED) is 0.723. The van der Waals surface area contributed by atoms with Gasteiger partial charge < -0.3 is 10.1 Å². The minimum atomic E-state index is 0.787. The Balaban J connectivity index is 1.76. The van der Waals surface area contributed by atoms with Crippen molar-refractivity contribution in [1.29, 1.82) is 0 Å². The summed E-state index contributed by atoms with van der Waals surface area (Å²) in [4.78, 5) is 2.67. The molecule has 0 aromatic heterocycles. The molecule has 3 nitrogen and oxygen atoms in total. The highest BCUT2D eigenvalue weighted by molar-refractivity contribution is 4.84. The summed E-state index contributed by atoms with van der Waals surface area (Å²) in [7, 11) is 1.81. The van der Waals surface area contributed by atoms with Crippen molar-refractivity contribution in [2.24, 2.45) is 5.92 Å². The van der Waals surface area contributed by atoms with E-state index in [2.05, 4.69) is 10.2 Å². The zero-order valence-corrected chi connectivity index (χ0v) is 9.17.